The third-order valence-electron chi connectivity index (χ3n) is 3.49. The highest BCUT2D eigenvalue weighted by atomic mass is 16.5. The monoisotopic (exact) mass is 263 g/mol. The highest BCUT2D eigenvalue weighted by Gasteiger charge is 2.13. The molecule has 1 atom stereocenters. The van der Waals surface area contributed by atoms with Crippen molar-refractivity contribution in [1.29, 1.82) is 0 Å². The maximum Gasteiger partial charge on any atom is 0.170 e. The second-order valence-corrected chi connectivity index (χ2v) is 4.92. The van der Waals surface area contributed by atoms with Crippen molar-refractivity contribution >= 4 is 5.84 Å². The lowest BCUT2D eigenvalue weighted by atomic mass is 10.0. The number of ether oxygens (including phenoxy) is 1. The van der Waals surface area contributed by atoms with E-state index in [1.807, 2.05) is 25.1 Å². The molecule has 1 aromatic rings. The van der Waals surface area contributed by atoms with Crippen LogP contribution in [0.1, 0.15) is 29.5 Å². The molecule has 104 valence electrons. The molecule has 5 heteroatoms. The van der Waals surface area contributed by atoms with Gasteiger partial charge in [-0.2, -0.15) is 0 Å². The van der Waals surface area contributed by atoms with Crippen molar-refractivity contribution in [2.75, 3.05) is 13.2 Å². The predicted molar refractivity (Wildman–Crippen MR) is 74.4 cm³/mol. The molecule has 0 aliphatic carbocycles. The van der Waals surface area contributed by atoms with Crippen molar-refractivity contribution in [3.8, 4) is 0 Å². The van der Waals surface area contributed by atoms with Crippen molar-refractivity contribution in [1.82, 2.24) is 5.32 Å². The van der Waals surface area contributed by atoms with Crippen LogP contribution in [0, 0.1) is 6.92 Å². The van der Waals surface area contributed by atoms with Crippen LogP contribution in [-0.4, -0.2) is 30.3 Å². The minimum Gasteiger partial charge on any atom is -0.409 e. The van der Waals surface area contributed by atoms with E-state index in [-0.39, 0.29) is 5.84 Å². The lowest BCUT2D eigenvalue weighted by Gasteiger charge is -2.23. The zero-order valence-electron chi connectivity index (χ0n) is 11.2. The number of nitrogens with two attached hydrogens (primary N) is 1. The topological polar surface area (TPSA) is 79.9 Å². The Bertz CT molecular complexity index is 454. The van der Waals surface area contributed by atoms with Gasteiger partial charge in [0.15, 0.2) is 5.84 Å². The summed E-state index contributed by atoms with van der Waals surface area (Å²) >= 11 is 0. The molecule has 1 heterocycles. The van der Waals surface area contributed by atoms with Crippen LogP contribution in [0.2, 0.25) is 0 Å². The number of rotatable bonds is 4. The smallest absolute Gasteiger partial charge is 0.170 e. The molecule has 1 unspecified atom stereocenters. The van der Waals surface area contributed by atoms with Crippen molar-refractivity contribution < 1.29 is 9.94 Å². The molecule has 0 bridgehead atoms. The number of nitrogens with zero attached hydrogens (tertiary/aromatic N) is 1. The van der Waals surface area contributed by atoms with Gasteiger partial charge in [-0.1, -0.05) is 17.3 Å². The van der Waals surface area contributed by atoms with Gasteiger partial charge in [-0.3, -0.25) is 0 Å². The number of hydrogen-bond donors (Lipinski definition) is 3. The molecular weight excluding hydrogens is 242 g/mol. The van der Waals surface area contributed by atoms with E-state index in [9.17, 15) is 0 Å². The van der Waals surface area contributed by atoms with Gasteiger partial charge in [-0.05, 0) is 37.0 Å². The van der Waals surface area contributed by atoms with E-state index in [0.717, 1.165) is 37.3 Å². The summed E-state index contributed by atoms with van der Waals surface area (Å²) in [5.74, 6) is 0.142. The first-order valence-electron chi connectivity index (χ1n) is 6.59. The highest BCUT2D eigenvalue weighted by molar-refractivity contribution is 5.97. The Balaban J connectivity index is 1.97. The Morgan fingerprint density at radius 3 is 3.05 bits per heavy atom. The average molecular weight is 263 g/mol. The second-order valence-electron chi connectivity index (χ2n) is 4.92. The minimum absolute atomic E-state index is 0.142. The first-order chi connectivity index (χ1) is 9.20. The molecule has 0 radical (unpaired) electrons. The van der Waals surface area contributed by atoms with E-state index in [4.69, 9.17) is 15.7 Å². The number of benzene rings is 1. The zero-order chi connectivity index (χ0) is 13.7. The summed E-state index contributed by atoms with van der Waals surface area (Å²) in [6.07, 6.45) is 2.29. The van der Waals surface area contributed by atoms with Crippen LogP contribution in [0.15, 0.2) is 23.4 Å². The molecule has 1 aromatic carbocycles. The van der Waals surface area contributed by atoms with E-state index in [0.29, 0.717) is 6.04 Å². The Morgan fingerprint density at radius 1 is 1.58 bits per heavy atom. The van der Waals surface area contributed by atoms with Gasteiger partial charge in [0, 0.05) is 24.8 Å². The van der Waals surface area contributed by atoms with Gasteiger partial charge < -0.3 is 21.0 Å². The fraction of sp³-hybridized carbons (Fsp3) is 0.500. The van der Waals surface area contributed by atoms with Crippen molar-refractivity contribution in [3.05, 3.63) is 34.9 Å². The molecule has 0 amide bonds. The van der Waals surface area contributed by atoms with Crippen LogP contribution < -0.4 is 11.1 Å². The molecule has 1 saturated heterocycles. The van der Waals surface area contributed by atoms with Gasteiger partial charge in [-0.15, -0.1) is 0 Å². The lowest BCUT2D eigenvalue weighted by Crippen LogP contribution is -2.36. The summed E-state index contributed by atoms with van der Waals surface area (Å²) < 4.78 is 5.44. The lowest BCUT2D eigenvalue weighted by molar-refractivity contribution is 0.0699. The summed E-state index contributed by atoms with van der Waals surface area (Å²) in [7, 11) is 0. The van der Waals surface area contributed by atoms with E-state index in [1.165, 1.54) is 12.0 Å². The number of nitrogens with one attached hydrogen (secondary N) is 1. The van der Waals surface area contributed by atoms with Crippen LogP contribution in [-0.2, 0) is 11.3 Å². The summed E-state index contributed by atoms with van der Waals surface area (Å²) in [6, 6.07) is 6.26. The molecular formula is C14H21N3O2. The van der Waals surface area contributed by atoms with Crippen LogP contribution in [0.5, 0.6) is 0 Å². The van der Waals surface area contributed by atoms with E-state index in [2.05, 4.69) is 10.5 Å². The number of hydrogen-bond acceptors (Lipinski definition) is 4. The quantitative estimate of drug-likeness (QED) is 0.332. The maximum atomic E-state index is 8.66. The fourth-order valence-corrected chi connectivity index (χ4v) is 2.27. The Morgan fingerprint density at radius 2 is 2.42 bits per heavy atom. The van der Waals surface area contributed by atoms with Gasteiger partial charge in [0.1, 0.15) is 0 Å². The first-order valence-corrected chi connectivity index (χ1v) is 6.59. The molecule has 5 nitrogen and oxygen atoms in total. The molecule has 1 fully saturated rings. The minimum atomic E-state index is 0.142. The number of amidine groups is 1. The van der Waals surface area contributed by atoms with E-state index >= 15 is 0 Å². The molecule has 4 N–H and O–H groups in total. The van der Waals surface area contributed by atoms with E-state index < -0.39 is 0 Å². The predicted octanol–water partition coefficient (Wildman–Crippen LogP) is 1.36. The number of oxime groups is 1. The second kappa shape index (κ2) is 6.54. The standard InChI is InChI=1S/C14H21N3O2/c1-10-7-11(14(15)17-18)4-5-12(10)8-16-13-3-2-6-19-9-13/h4-5,7,13,16,18H,2-3,6,8-9H2,1H3,(H2,15,17). The van der Waals surface area contributed by atoms with Gasteiger partial charge in [0.05, 0.1) is 6.61 Å². The van der Waals surface area contributed by atoms with Gasteiger partial charge >= 0.3 is 0 Å². The Kier molecular flexibility index (Phi) is 4.76. The molecule has 2 rings (SSSR count). The van der Waals surface area contributed by atoms with Crippen molar-refractivity contribution in [2.24, 2.45) is 10.9 Å². The van der Waals surface area contributed by atoms with Crippen LogP contribution in [0.3, 0.4) is 0 Å². The third-order valence-corrected chi connectivity index (χ3v) is 3.49. The highest BCUT2D eigenvalue weighted by Crippen LogP contribution is 2.13. The summed E-state index contributed by atoms with van der Waals surface area (Å²) in [6.45, 7) is 4.52. The summed E-state index contributed by atoms with van der Waals surface area (Å²) in [4.78, 5) is 0. The zero-order valence-corrected chi connectivity index (χ0v) is 11.2. The maximum absolute atomic E-state index is 8.66. The Hall–Kier alpha value is -1.59. The summed E-state index contributed by atoms with van der Waals surface area (Å²) in [5, 5.41) is 15.2. The third kappa shape index (κ3) is 3.68. The fourth-order valence-electron chi connectivity index (χ4n) is 2.27. The van der Waals surface area contributed by atoms with Crippen LogP contribution in [0.25, 0.3) is 0 Å². The molecule has 0 spiro atoms. The average Bonchev–Trinajstić information content (AvgIpc) is 2.46. The SMILES string of the molecule is Cc1cc(/C(N)=N/O)ccc1CNC1CCCOC1. The van der Waals surface area contributed by atoms with Gasteiger partial charge in [0.2, 0.25) is 0 Å². The molecule has 1 aliphatic heterocycles. The van der Waals surface area contributed by atoms with Crippen LogP contribution >= 0.6 is 0 Å². The van der Waals surface area contributed by atoms with E-state index in [1.54, 1.807) is 0 Å². The van der Waals surface area contributed by atoms with Gasteiger partial charge in [-0.25, -0.2) is 0 Å². The van der Waals surface area contributed by atoms with Crippen molar-refractivity contribution in [3.63, 3.8) is 0 Å². The number of aryl methyl sites for hydroxylation is 1. The molecule has 19 heavy (non-hydrogen) atoms. The van der Waals surface area contributed by atoms with Crippen molar-refractivity contribution in [2.45, 2.75) is 32.4 Å². The summed E-state index contributed by atoms with van der Waals surface area (Å²) in [5.41, 5.74) is 8.67. The first kappa shape index (κ1) is 13.8. The molecule has 1 aliphatic rings. The van der Waals surface area contributed by atoms with Crippen LogP contribution in [0.4, 0.5) is 0 Å². The normalized spacial score (nSPS) is 20.5. The largest absolute Gasteiger partial charge is 0.409 e. The van der Waals surface area contributed by atoms with Gasteiger partial charge in [0.25, 0.3) is 0 Å². The molecule has 0 aromatic heterocycles. The molecule has 0 saturated carbocycles. The Labute approximate surface area is 113 Å².